The molecule has 1 N–H and O–H groups in total. The molecule has 0 saturated carbocycles. The Morgan fingerprint density at radius 2 is 2.00 bits per heavy atom. The van der Waals surface area contributed by atoms with E-state index in [-0.39, 0.29) is 5.82 Å². The van der Waals surface area contributed by atoms with Crippen LogP contribution in [0.3, 0.4) is 0 Å². The number of hydrogen-bond donors (Lipinski definition) is 1. The molecule has 0 aromatic heterocycles. The Kier molecular flexibility index (Phi) is 4.39. The van der Waals surface area contributed by atoms with Crippen LogP contribution in [0.4, 0.5) is 10.1 Å². The van der Waals surface area contributed by atoms with E-state index in [2.05, 4.69) is 35.1 Å². The molecule has 0 spiro atoms. The maximum Gasteiger partial charge on any atom is 0.124 e. The molecule has 0 radical (unpaired) electrons. The highest BCUT2D eigenvalue weighted by Crippen LogP contribution is 2.24. The van der Waals surface area contributed by atoms with Crippen LogP contribution in [0.15, 0.2) is 22.7 Å². The third-order valence-corrected chi connectivity index (χ3v) is 2.93. The second kappa shape index (κ2) is 5.35. The molecule has 1 nitrogen and oxygen atoms in total. The SMILES string of the molecule is CCC(CC)Nc1ccc(F)cc1Br. The molecular formula is C11H15BrFN. The van der Waals surface area contributed by atoms with Gasteiger partial charge in [0.05, 0.1) is 0 Å². The lowest BCUT2D eigenvalue weighted by molar-refractivity contribution is 0.626. The van der Waals surface area contributed by atoms with Crippen LogP contribution in [0, 0.1) is 5.82 Å². The average Bonchev–Trinajstić information content (AvgIpc) is 2.17. The standard InChI is InChI=1S/C11H15BrFN/c1-3-9(4-2)14-11-6-5-8(13)7-10(11)12/h5-7,9,14H,3-4H2,1-2H3. The van der Waals surface area contributed by atoms with Crippen molar-refractivity contribution in [2.75, 3.05) is 5.32 Å². The number of nitrogens with one attached hydrogen (secondary N) is 1. The van der Waals surface area contributed by atoms with E-state index in [0.29, 0.717) is 6.04 Å². The summed E-state index contributed by atoms with van der Waals surface area (Å²) >= 11 is 3.33. The quantitative estimate of drug-likeness (QED) is 0.855. The van der Waals surface area contributed by atoms with Gasteiger partial charge in [0.25, 0.3) is 0 Å². The smallest absolute Gasteiger partial charge is 0.124 e. The fourth-order valence-electron chi connectivity index (χ4n) is 1.32. The first-order valence-electron chi connectivity index (χ1n) is 4.89. The zero-order chi connectivity index (χ0) is 10.6. The first kappa shape index (κ1) is 11.5. The predicted molar refractivity (Wildman–Crippen MR) is 62.1 cm³/mol. The summed E-state index contributed by atoms with van der Waals surface area (Å²) in [6.07, 6.45) is 2.14. The summed E-state index contributed by atoms with van der Waals surface area (Å²) in [7, 11) is 0. The maximum atomic E-state index is 12.8. The fraction of sp³-hybridized carbons (Fsp3) is 0.455. The van der Waals surface area contributed by atoms with Crippen LogP contribution in [-0.4, -0.2) is 6.04 Å². The highest BCUT2D eigenvalue weighted by molar-refractivity contribution is 9.10. The fourth-order valence-corrected chi connectivity index (χ4v) is 1.78. The molecule has 1 aromatic carbocycles. The van der Waals surface area contributed by atoms with Crippen LogP contribution in [0.5, 0.6) is 0 Å². The first-order valence-corrected chi connectivity index (χ1v) is 5.68. The molecule has 0 bridgehead atoms. The van der Waals surface area contributed by atoms with Crippen LogP contribution in [0.25, 0.3) is 0 Å². The second-order valence-electron chi connectivity index (χ2n) is 3.28. The number of benzene rings is 1. The molecule has 0 amide bonds. The lowest BCUT2D eigenvalue weighted by Gasteiger charge is -2.17. The van der Waals surface area contributed by atoms with Crippen molar-refractivity contribution >= 4 is 21.6 Å². The van der Waals surface area contributed by atoms with Crippen LogP contribution in [-0.2, 0) is 0 Å². The Morgan fingerprint density at radius 3 is 2.50 bits per heavy atom. The van der Waals surface area contributed by atoms with Crippen LogP contribution in [0.1, 0.15) is 26.7 Å². The second-order valence-corrected chi connectivity index (χ2v) is 4.14. The van der Waals surface area contributed by atoms with Crippen molar-refractivity contribution in [3.05, 3.63) is 28.5 Å². The predicted octanol–water partition coefficient (Wildman–Crippen LogP) is 4.19. The summed E-state index contributed by atoms with van der Waals surface area (Å²) in [5.74, 6) is -0.216. The molecule has 0 aliphatic carbocycles. The molecule has 0 unspecified atom stereocenters. The van der Waals surface area contributed by atoms with E-state index in [1.165, 1.54) is 12.1 Å². The largest absolute Gasteiger partial charge is 0.381 e. The minimum absolute atomic E-state index is 0.216. The molecule has 14 heavy (non-hydrogen) atoms. The van der Waals surface area contributed by atoms with Gasteiger partial charge in [-0.2, -0.15) is 0 Å². The molecule has 78 valence electrons. The van der Waals surface area contributed by atoms with E-state index < -0.39 is 0 Å². The van der Waals surface area contributed by atoms with Gasteiger partial charge >= 0.3 is 0 Å². The van der Waals surface area contributed by atoms with Gasteiger partial charge in [-0.1, -0.05) is 13.8 Å². The highest BCUT2D eigenvalue weighted by atomic mass is 79.9. The van der Waals surface area contributed by atoms with E-state index in [9.17, 15) is 4.39 Å². The van der Waals surface area contributed by atoms with E-state index in [4.69, 9.17) is 0 Å². The Bertz CT molecular complexity index is 297. The molecule has 0 fully saturated rings. The summed E-state index contributed by atoms with van der Waals surface area (Å²) in [4.78, 5) is 0. The van der Waals surface area contributed by atoms with Crippen LogP contribution < -0.4 is 5.32 Å². The van der Waals surface area contributed by atoms with E-state index in [1.807, 2.05) is 0 Å². The van der Waals surface area contributed by atoms with Crippen molar-refractivity contribution < 1.29 is 4.39 Å². The van der Waals surface area contributed by atoms with E-state index in [1.54, 1.807) is 6.07 Å². The summed E-state index contributed by atoms with van der Waals surface area (Å²) in [5, 5.41) is 3.36. The zero-order valence-electron chi connectivity index (χ0n) is 8.48. The molecule has 0 atom stereocenters. The van der Waals surface area contributed by atoms with Crippen LogP contribution in [0.2, 0.25) is 0 Å². The van der Waals surface area contributed by atoms with E-state index >= 15 is 0 Å². The Balaban J connectivity index is 2.76. The molecule has 0 aliphatic heterocycles. The minimum atomic E-state index is -0.216. The average molecular weight is 260 g/mol. The molecule has 1 rings (SSSR count). The lowest BCUT2D eigenvalue weighted by atomic mass is 10.1. The van der Waals surface area contributed by atoms with Crippen molar-refractivity contribution in [3.8, 4) is 0 Å². The molecular weight excluding hydrogens is 245 g/mol. The normalized spacial score (nSPS) is 10.6. The van der Waals surface area contributed by atoms with Crippen LogP contribution >= 0.6 is 15.9 Å². The minimum Gasteiger partial charge on any atom is -0.381 e. The monoisotopic (exact) mass is 259 g/mol. The number of hydrogen-bond acceptors (Lipinski definition) is 1. The number of anilines is 1. The lowest BCUT2D eigenvalue weighted by Crippen LogP contribution is -2.17. The van der Waals surface area contributed by atoms with Gasteiger partial charge in [-0.25, -0.2) is 4.39 Å². The summed E-state index contributed by atoms with van der Waals surface area (Å²) in [6, 6.07) is 5.16. The van der Waals surface area contributed by atoms with Gasteiger partial charge in [-0.05, 0) is 47.0 Å². The molecule has 0 aliphatic rings. The molecule has 3 heteroatoms. The Hall–Kier alpha value is -0.570. The summed E-state index contributed by atoms with van der Waals surface area (Å²) < 4.78 is 13.6. The Labute approximate surface area is 92.8 Å². The maximum absolute atomic E-state index is 12.8. The van der Waals surface area contributed by atoms with Gasteiger partial charge in [0.15, 0.2) is 0 Å². The van der Waals surface area contributed by atoms with Crippen molar-refractivity contribution in [2.45, 2.75) is 32.7 Å². The van der Waals surface area contributed by atoms with Gasteiger partial charge < -0.3 is 5.32 Å². The van der Waals surface area contributed by atoms with Gasteiger partial charge in [0.1, 0.15) is 5.82 Å². The Morgan fingerprint density at radius 1 is 1.36 bits per heavy atom. The third kappa shape index (κ3) is 2.98. The summed E-state index contributed by atoms with van der Waals surface area (Å²) in [5.41, 5.74) is 0.958. The van der Waals surface area contributed by atoms with Gasteiger partial charge in [0, 0.05) is 16.2 Å². The van der Waals surface area contributed by atoms with Gasteiger partial charge in [-0.15, -0.1) is 0 Å². The van der Waals surface area contributed by atoms with Gasteiger partial charge in [0.2, 0.25) is 0 Å². The zero-order valence-corrected chi connectivity index (χ0v) is 10.1. The molecule has 1 aromatic rings. The number of halogens is 2. The van der Waals surface area contributed by atoms with Crippen molar-refractivity contribution in [1.82, 2.24) is 0 Å². The topological polar surface area (TPSA) is 12.0 Å². The van der Waals surface area contributed by atoms with E-state index in [0.717, 1.165) is 23.0 Å². The van der Waals surface area contributed by atoms with Crippen molar-refractivity contribution in [1.29, 1.82) is 0 Å². The van der Waals surface area contributed by atoms with Crippen molar-refractivity contribution in [3.63, 3.8) is 0 Å². The molecule has 0 saturated heterocycles. The highest BCUT2D eigenvalue weighted by Gasteiger charge is 2.06. The summed E-state index contributed by atoms with van der Waals surface area (Å²) in [6.45, 7) is 4.27. The third-order valence-electron chi connectivity index (χ3n) is 2.28. The first-order chi connectivity index (χ1) is 6.67. The van der Waals surface area contributed by atoms with Crippen molar-refractivity contribution in [2.24, 2.45) is 0 Å². The number of rotatable bonds is 4. The van der Waals surface area contributed by atoms with Gasteiger partial charge in [-0.3, -0.25) is 0 Å². The molecule has 0 heterocycles.